The van der Waals surface area contributed by atoms with E-state index in [1.807, 2.05) is 0 Å². The first-order valence-electron chi connectivity index (χ1n) is 3.87. The molecule has 11 heteroatoms. The highest BCUT2D eigenvalue weighted by Gasteiger charge is 2.46. The second-order valence-corrected chi connectivity index (χ2v) is 5.93. The third-order valence-corrected chi connectivity index (χ3v) is 5.86. The van der Waals surface area contributed by atoms with Gasteiger partial charge in [-0.2, -0.15) is 0 Å². The number of alkyl halides is 6. The van der Waals surface area contributed by atoms with E-state index in [-0.39, 0.29) is 5.48 Å². The van der Waals surface area contributed by atoms with Crippen LogP contribution in [0.2, 0.25) is 0 Å². The normalized spacial score (nSPS) is 40.6. The summed E-state index contributed by atoms with van der Waals surface area (Å²) in [4.78, 5) is 8.36. The van der Waals surface area contributed by atoms with Gasteiger partial charge in [-0.15, -0.1) is 79.7 Å². The highest BCUT2D eigenvalue weighted by molar-refractivity contribution is 6.45. The molecule has 1 fully saturated rings. The average Bonchev–Trinajstić information content (AvgIpc) is 2.20. The van der Waals surface area contributed by atoms with Crippen molar-refractivity contribution < 1.29 is 15.8 Å². The molecular weight excluding hydrogens is 363 g/mol. The fourth-order valence-corrected chi connectivity index (χ4v) is 3.38. The zero-order valence-corrected chi connectivity index (χ0v) is 12.5. The monoisotopic (exact) mass is 369 g/mol. The second kappa shape index (κ2) is 8.91. The molecule has 0 unspecified atom stereocenters. The topological polar surface area (TPSA) is 94.9 Å². The lowest BCUT2D eigenvalue weighted by atomic mass is 9.97. The van der Waals surface area contributed by atoms with Crippen LogP contribution < -0.4 is 0 Å². The van der Waals surface area contributed by atoms with E-state index in [2.05, 4.69) is 0 Å². The molecule has 0 saturated heterocycles. The van der Waals surface area contributed by atoms with Crippen LogP contribution in [-0.2, 0) is 0 Å². The molecule has 0 spiro atoms. The minimum atomic E-state index is -1.50. The van der Waals surface area contributed by atoms with Crippen molar-refractivity contribution in [2.45, 2.75) is 32.3 Å². The van der Waals surface area contributed by atoms with E-state index in [0.717, 1.165) is 0 Å². The van der Waals surface area contributed by atoms with E-state index >= 15 is 0 Å². The Kier molecular flexibility index (Phi) is 10.6. The SMILES string of the molecule is Cl[C@H]1[C@H](Cl)[C@@H](Cl)[C@@H](Cl)[C@H](Cl)[C@H]1Cl.O.O=[N+]([O-])O. The van der Waals surface area contributed by atoms with Crippen LogP contribution in [0.1, 0.15) is 0 Å². The smallest absolute Gasteiger partial charge is 0.291 e. The van der Waals surface area contributed by atoms with E-state index in [1.165, 1.54) is 0 Å². The Morgan fingerprint density at radius 1 is 0.765 bits per heavy atom. The molecule has 0 aromatic heterocycles. The molecule has 0 aromatic carbocycles. The van der Waals surface area contributed by atoms with E-state index in [9.17, 15) is 0 Å². The Hall–Kier alpha value is 0.900. The van der Waals surface area contributed by atoms with Crippen LogP contribution in [0.25, 0.3) is 0 Å². The lowest BCUT2D eigenvalue weighted by molar-refractivity contribution is -0.742. The van der Waals surface area contributed by atoms with Crippen molar-refractivity contribution in [3.05, 3.63) is 10.1 Å². The molecule has 0 amide bonds. The summed E-state index contributed by atoms with van der Waals surface area (Å²) in [7, 11) is 0. The van der Waals surface area contributed by atoms with Gasteiger partial charge in [0.2, 0.25) is 0 Å². The van der Waals surface area contributed by atoms with E-state index < -0.39 is 37.3 Å². The summed E-state index contributed by atoms with van der Waals surface area (Å²) in [6, 6.07) is 0. The molecule has 1 aliphatic carbocycles. The summed E-state index contributed by atoms with van der Waals surface area (Å²) >= 11 is 35.3. The minimum Gasteiger partial charge on any atom is -0.412 e. The summed E-state index contributed by atoms with van der Waals surface area (Å²) in [6.07, 6.45) is 0. The molecule has 0 aliphatic heterocycles. The average molecular weight is 372 g/mol. The Balaban J connectivity index is 0. The van der Waals surface area contributed by atoms with Crippen LogP contribution in [0.3, 0.4) is 0 Å². The van der Waals surface area contributed by atoms with Crippen molar-refractivity contribution in [1.29, 1.82) is 0 Å². The molecule has 0 radical (unpaired) electrons. The third kappa shape index (κ3) is 6.05. The molecule has 104 valence electrons. The third-order valence-electron chi connectivity index (χ3n) is 1.83. The summed E-state index contributed by atoms with van der Waals surface area (Å²) in [6.45, 7) is 0. The van der Waals surface area contributed by atoms with Crippen molar-refractivity contribution in [3.8, 4) is 0 Å². The molecule has 0 heterocycles. The first-order valence-corrected chi connectivity index (χ1v) is 6.49. The van der Waals surface area contributed by atoms with Crippen molar-refractivity contribution in [1.82, 2.24) is 0 Å². The zero-order chi connectivity index (χ0) is 13.0. The fourth-order valence-electron chi connectivity index (χ4n) is 1.05. The van der Waals surface area contributed by atoms with Crippen LogP contribution >= 0.6 is 69.6 Å². The summed E-state index contributed by atoms with van der Waals surface area (Å²) in [5, 5.41) is 11.0. The molecule has 0 atom stereocenters. The van der Waals surface area contributed by atoms with E-state index in [4.69, 9.17) is 84.9 Å². The summed E-state index contributed by atoms with van der Waals surface area (Å²) in [5.74, 6) is 0. The number of hydrogen-bond donors (Lipinski definition) is 1. The van der Waals surface area contributed by atoms with Gasteiger partial charge in [-0.25, -0.2) is 0 Å². The van der Waals surface area contributed by atoms with Crippen LogP contribution in [0.5, 0.6) is 0 Å². The zero-order valence-electron chi connectivity index (χ0n) is 7.94. The maximum atomic E-state index is 8.36. The lowest BCUT2D eigenvalue weighted by Gasteiger charge is -2.37. The maximum Gasteiger partial charge on any atom is 0.291 e. The van der Waals surface area contributed by atoms with Crippen molar-refractivity contribution in [2.24, 2.45) is 0 Å². The predicted octanol–water partition coefficient (Wildman–Crippen LogP) is 2.47. The van der Waals surface area contributed by atoms with Gasteiger partial charge >= 0.3 is 0 Å². The van der Waals surface area contributed by atoms with Gasteiger partial charge in [0.15, 0.2) is 0 Å². The van der Waals surface area contributed by atoms with Crippen LogP contribution in [0.4, 0.5) is 0 Å². The van der Waals surface area contributed by atoms with Gasteiger partial charge in [-0.05, 0) is 0 Å². The molecule has 17 heavy (non-hydrogen) atoms. The first-order chi connectivity index (χ1) is 7.20. The van der Waals surface area contributed by atoms with E-state index in [1.54, 1.807) is 0 Å². The van der Waals surface area contributed by atoms with Crippen LogP contribution in [0.15, 0.2) is 0 Å². The minimum absolute atomic E-state index is 0. The fraction of sp³-hybridized carbons (Fsp3) is 1.00. The molecule has 5 nitrogen and oxygen atoms in total. The molecule has 1 saturated carbocycles. The number of nitrogens with zero attached hydrogens (tertiary/aromatic N) is 1. The molecule has 1 aliphatic rings. The van der Waals surface area contributed by atoms with Gasteiger partial charge in [-0.1, -0.05) is 0 Å². The Morgan fingerprint density at radius 3 is 0.882 bits per heavy atom. The van der Waals surface area contributed by atoms with Gasteiger partial charge in [-0.3, -0.25) is 0 Å². The lowest BCUT2D eigenvalue weighted by Crippen LogP contribution is -2.52. The summed E-state index contributed by atoms with van der Waals surface area (Å²) < 4.78 is 0. The van der Waals surface area contributed by atoms with Crippen LogP contribution in [0, 0.1) is 10.1 Å². The molecular formula is C6H9Cl6NO4. The first kappa shape index (κ1) is 20.2. The molecule has 0 aromatic rings. The van der Waals surface area contributed by atoms with Gasteiger partial charge in [0.25, 0.3) is 5.09 Å². The Bertz CT molecular complexity index is 184. The predicted molar refractivity (Wildman–Crippen MR) is 70.2 cm³/mol. The second-order valence-electron chi connectivity index (χ2n) is 2.90. The standard InChI is InChI=1S/C6H6Cl6.HNO3.H2O/c7-1-2(8)4(10)6(12)5(11)3(1)9;2-1(3)4;/h1-6H;(H,2,3,4);1H2/t1-,2-,3-,4+,5+,6+;;. The highest BCUT2D eigenvalue weighted by atomic mass is 35.5. The highest BCUT2D eigenvalue weighted by Crippen LogP contribution is 2.39. The van der Waals surface area contributed by atoms with Gasteiger partial charge in [0.1, 0.15) is 0 Å². The van der Waals surface area contributed by atoms with Crippen molar-refractivity contribution in [2.75, 3.05) is 0 Å². The van der Waals surface area contributed by atoms with Crippen molar-refractivity contribution in [3.63, 3.8) is 0 Å². The number of rotatable bonds is 0. The quantitative estimate of drug-likeness (QED) is 0.402. The molecule has 0 bridgehead atoms. The largest absolute Gasteiger partial charge is 0.412 e. The van der Waals surface area contributed by atoms with Gasteiger partial charge < -0.3 is 10.7 Å². The van der Waals surface area contributed by atoms with E-state index in [0.29, 0.717) is 0 Å². The molecule has 1 rings (SSSR count). The van der Waals surface area contributed by atoms with Crippen LogP contribution in [-0.4, -0.2) is 48.0 Å². The Morgan fingerprint density at radius 2 is 0.824 bits per heavy atom. The Labute approximate surface area is 127 Å². The number of halogens is 6. The molecule has 3 N–H and O–H groups in total. The summed E-state index contributed by atoms with van der Waals surface area (Å²) in [5.41, 5.74) is 0. The van der Waals surface area contributed by atoms with Gasteiger partial charge in [0, 0.05) is 0 Å². The maximum absolute atomic E-state index is 8.36. The number of hydrogen-bond acceptors (Lipinski definition) is 2. The van der Waals surface area contributed by atoms with Gasteiger partial charge in [0.05, 0.1) is 32.3 Å². The van der Waals surface area contributed by atoms with Crippen molar-refractivity contribution >= 4 is 69.6 Å².